The van der Waals surface area contributed by atoms with Crippen molar-refractivity contribution in [1.82, 2.24) is 4.90 Å². The molecular weight excluding hydrogens is 292 g/mol. The lowest BCUT2D eigenvalue weighted by Crippen LogP contribution is -2.32. The minimum absolute atomic E-state index is 0.00296. The fourth-order valence-electron chi connectivity index (χ4n) is 2.47. The van der Waals surface area contributed by atoms with Crippen LogP contribution in [0.15, 0.2) is 12.1 Å². The Labute approximate surface area is 130 Å². The van der Waals surface area contributed by atoms with Crippen LogP contribution in [0, 0.1) is 0 Å². The highest BCUT2D eigenvalue weighted by Gasteiger charge is 2.20. The molecule has 5 nitrogen and oxygen atoms in total. The Morgan fingerprint density at radius 3 is 2.71 bits per heavy atom. The van der Waals surface area contributed by atoms with Crippen LogP contribution in [0.1, 0.15) is 18.4 Å². The van der Waals surface area contributed by atoms with Gasteiger partial charge in [-0.1, -0.05) is 11.6 Å². The molecule has 0 saturated carbocycles. The van der Waals surface area contributed by atoms with Gasteiger partial charge in [-0.15, -0.1) is 0 Å². The number of carbonyl (C=O) groups is 1. The Bertz CT molecular complexity index is 502. The molecular formula is C15H21ClN2O3. The van der Waals surface area contributed by atoms with Gasteiger partial charge in [0.25, 0.3) is 5.91 Å². The molecule has 0 bridgehead atoms. The molecule has 0 unspecified atom stereocenters. The Morgan fingerprint density at radius 2 is 2.10 bits per heavy atom. The topological polar surface area (TPSA) is 64.8 Å². The third-order valence-electron chi connectivity index (χ3n) is 3.53. The first kappa shape index (κ1) is 15.9. The molecule has 0 spiro atoms. The first-order valence-electron chi connectivity index (χ1n) is 7.12. The van der Waals surface area contributed by atoms with Crippen LogP contribution >= 0.6 is 11.6 Å². The van der Waals surface area contributed by atoms with Crippen molar-refractivity contribution >= 4 is 17.5 Å². The number of nitrogens with two attached hydrogens (primary N) is 1. The Kier molecular flexibility index (Phi) is 5.70. The minimum Gasteiger partial charge on any atom is -0.493 e. The maximum absolute atomic E-state index is 12.1. The van der Waals surface area contributed by atoms with E-state index in [-0.39, 0.29) is 12.5 Å². The molecule has 0 atom stereocenters. The second kappa shape index (κ2) is 7.52. The summed E-state index contributed by atoms with van der Waals surface area (Å²) in [5.41, 5.74) is 6.47. The van der Waals surface area contributed by atoms with Gasteiger partial charge in [0.1, 0.15) is 0 Å². The lowest BCUT2D eigenvalue weighted by atomic mass is 10.1. The summed E-state index contributed by atoms with van der Waals surface area (Å²) in [6, 6.07) is 3.48. The number of hydrogen-bond acceptors (Lipinski definition) is 4. The van der Waals surface area contributed by atoms with Gasteiger partial charge in [0, 0.05) is 29.7 Å². The van der Waals surface area contributed by atoms with Crippen molar-refractivity contribution in [1.29, 1.82) is 0 Å². The van der Waals surface area contributed by atoms with Gasteiger partial charge in [-0.25, -0.2) is 0 Å². The minimum atomic E-state index is 0.00296. The highest BCUT2D eigenvalue weighted by Crippen LogP contribution is 2.35. The summed E-state index contributed by atoms with van der Waals surface area (Å²) in [6.07, 6.45) is 2.74. The van der Waals surface area contributed by atoms with E-state index in [1.165, 1.54) is 0 Å². The second-order valence-electron chi connectivity index (χ2n) is 5.01. The predicted octanol–water partition coefficient (Wildman–Crippen LogP) is 1.85. The zero-order chi connectivity index (χ0) is 15.2. The molecule has 2 rings (SSSR count). The number of hydrogen-bond donors (Lipinski definition) is 1. The molecule has 0 radical (unpaired) electrons. The predicted molar refractivity (Wildman–Crippen MR) is 82.1 cm³/mol. The number of rotatable bonds is 6. The van der Waals surface area contributed by atoms with E-state index in [0.29, 0.717) is 29.5 Å². The monoisotopic (exact) mass is 312 g/mol. The van der Waals surface area contributed by atoms with E-state index in [1.807, 2.05) is 4.90 Å². The number of nitrogens with zero attached hydrogens (tertiary/aromatic N) is 1. The molecule has 1 fully saturated rings. The number of amides is 1. The van der Waals surface area contributed by atoms with E-state index >= 15 is 0 Å². The summed E-state index contributed by atoms with van der Waals surface area (Å²) >= 11 is 6.05. The quantitative estimate of drug-likeness (QED) is 0.870. The van der Waals surface area contributed by atoms with Gasteiger partial charge in [0.05, 0.1) is 7.11 Å². The van der Waals surface area contributed by atoms with Crippen LogP contribution in [-0.2, 0) is 11.2 Å². The highest BCUT2D eigenvalue weighted by atomic mass is 35.5. The van der Waals surface area contributed by atoms with Gasteiger partial charge in [-0.2, -0.15) is 0 Å². The van der Waals surface area contributed by atoms with Crippen molar-refractivity contribution < 1.29 is 14.3 Å². The lowest BCUT2D eigenvalue weighted by molar-refractivity contribution is -0.132. The van der Waals surface area contributed by atoms with Gasteiger partial charge < -0.3 is 20.1 Å². The van der Waals surface area contributed by atoms with E-state index in [9.17, 15) is 4.79 Å². The Hall–Kier alpha value is -1.46. The summed E-state index contributed by atoms with van der Waals surface area (Å²) in [6.45, 7) is 2.11. The maximum Gasteiger partial charge on any atom is 0.260 e. The van der Waals surface area contributed by atoms with Gasteiger partial charge >= 0.3 is 0 Å². The van der Waals surface area contributed by atoms with Crippen LogP contribution in [0.5, 0.6) is 11.5 Å². The number of likely N-dealkylation sites (tertiary alicyclic amines) is 1. The number of methoxy groups -OCH3 is 1. The van der Waals surface area contributed by atoms with Gasteiger partial charge in [-0.3, -0.25) is 4.79 Å². The molecule has 1 amide bonds. The van der Waals surface area contributed by atoms with E-state index in [4.69, 9.17) is 26.8 Å². The molecule has 1 saturated heterocycles. The smallest absolute Gasteiger partial charge is 0.260 e. The van der Waals surface area contributed by atoms with Crippen LogP contribution in [0.3, 0.4) is 0 Å². The van der Waals surface area contributed by atoms with Crippen molar-refractivity contribution in [3.05, 3.63) is 22.7 Å². The van der Waals surface area contributed by atoms with Gasteiger partial charge in [0.2, 0.25) is 0 Å². The fraction of sp³-hybridized carbons (Fsp3) is 0.533. The molecule has 0 aliphatic carbocycles. The zero-order valence-electron chi connectivity index (χ0n) is 12.2. The zero-order valence-corrected chi connectivity index (χ0v) is 13.0. The number of carbonyl (C=O) groups excluding carboxylic acids is 1. The first-order chi connectivity index (χ1) is 10.2. The average molecular weight is 313 g/mol. The summed E-state index contributed by atoms with van der Waals surface area (Å²) < 4.78 is 11.0. The molecule has 21 heavy (non-hydrogen) atoms. The molecule has 1 heterocycles. The SMILES string of the molecule is COc1cc(Cl)cc(CCN)c1OCC(=O)N1CCCC1. The second-order valence-corrected chi connectivity index (χ2v) is 5.45. The third kappa shape index (κ3) is 4.02. The van der Waals surface area contributed by atoms with Crippen molar-refractivity contribution in [2.24, 2.45) is 5.73 Å². The first-order valence-corrected chi connectivity index (χ1v) is 7.50. The van der Waals surface area contributed by atoms with Crippen LogP contribution in [-0.4, -0.2) is 44.2 Å². The number of benzene rings is 1. The van der Waals surface area contributed by atoms with E-state index in [0.717, 1.165) is 31.5 Å². The molecule has 1 aliphatic rings. The number of halogens is 1. The molecule has 1 aromatic rings. The van der Waals surface area contributed by atoms with Crippen molar-refractivity contribution in [3.63, 3.8) is 0 Å². The summed E-state index contributed by atoms with van der Waals surface area (Å²) in [5.74, 6) is 1.09. The van der Waals surface area contributed by atoms with Crippen molar-refractivity contribution in [2.75, 3.05) is 33.4 Å². The molecule has 6 heteroatoms. The molecule has 1 aliphatic heterocycles. The van der Waals surface area contributed by atoms with Crippen molar-refractivity contribution in [2.45, 2.75) is 19.3 Å². The summed E-state index contributed by atoms with van der Waals surface area (Å²) in [7, 11) is 1.55. The highest BCUT2D eigenvalue weighted by molar-refractivity contribution is 6.30. The summed E-state index contributed by atoms with van der Waals surface area (Å²) in [5, 5.41) is 0.563. The number of ether oxygens (including phenoxy) is 2. The molecule has 0 aromatic heterocycles. The Morgan fingerprint density at radius 1 is 1.38 bits per heavy atom. The average Bonchev–Trinajstić information content (AvgIpc) is 3.00. The van der Waals surface area contributed by atoms with Crippen molar-refractivity contribution in [3.8, 4) is 11.5 Å². The third-order valence-corrected chi connectivity index (χ3v) is 3.75. The standard InChI is InChI=1S/C15H21ClN2O3/c1-20-13-9-12(16)8-11(4-5-17)15(13)21-10-14(19)18-6-2-3-7-18/h8-9H,2-7,10,17H2,1H3. The van der Waals surface area contributed by atoms with Gasteiger partial charge in [-0.05, 0) is 31.9 Å². The van der Waals surface area contributed by atoms with E-state index < -0.39 is 0 Å². The normalized spacial score (nSPS) is 14.3. The van der Waals surface area contributed by atoms with E-state index in [1.54, 1.807) is 19.2 Å². The van der Waals surface area contributed by atoms with Crippen LogP contribution < -0.4 is 15.2 Å². The largest absolute Gasteiger partial charge is 0.493 e. The maximum atomic E-state index is 12.1. The Balaban J connectivity index is 2.11. The van der Waals surface area contributed by atoms with Crippen LogP contribution in [0.2, 0.25) is 5.02 Å². The van der Waals surface area contributed by atoms with Crippen LogP contribution in [0.25, 0.3) is 0 Å². The lowest BCUT2D eigenvalue weighted by Gasteiger charge is -2.18. The van der Waals surface area contributed by atoms with Gasteiger partial charge in [0.15, 0.2) is 18.1 Å². The molecule has 116 valence electrons. The fourth-order valence-corrected chi connectivity index (χ4v) is 2.70. The molecule has 2 N–H and O–H groups in total. The van der Waals surface area contributed by atoms with E-state index in [2.05, 4.69) is 0 Å². The van der Waals surface area contributed by atoms with Crippen LogP contribution in [0.4, 0.5) is 0 Å². The summed E-state index contributed by atoms with van der Waals surface area (Å²) in [4.78, 5) is 13.9. The molecule has 1 aromatic carbocycles.